The molecule has 2 aromatic heterocycles. The molecule has 0 bridgehead atoms. The molecule has 1 N–H and O–H groups in total. The second-order valence-electron chi connectivity index (χ2n) is 6.56. The van der Waals surface area contributed by atoms with Crippen LogP contribution in [-0.2, 0) is 24.9 Å². The molecule has 1 aliphatic rings. The third-order valence-corrected chi connectivity index (χ3v) is 4.29. The van der Waals surface area contributed by atoms with E-state index in [0.29, 0.717) is 5.92 Å². The third-order valence-electron chi connectivity index (χ3n) is 4.29. The van der Waals surface area contributed by atoms with Crippen molar-refractivity contribution in [2.45, 2.75) is 32.9 Å². The molecule has 3 heterocycles. The molecular formula is C18H28ClN5O. The number of hydrogen-bond donors (Lipinski definition) is 1. The van der Waals surface area contributed by atoms with Gasteiger partial charge in [0.25, 0.3) is 0 Å². The van der Waals surface area contributed by atoms with Crippen LogP contribution in [0.3, 0.4) is 0 Å². The van der Waals surface area contributed by atoms with Crippen LogP contribution in [-0.4, -0.2) is 41.1 Å². The first-order valence-electron chi connectivity index (χ1n) is 8.65. The Balaban J connectivity index is 0.00000225. The van der Waals surface area contributed by atoms with Crippen molar-refractivity contribution in [2.75, 3.05) is 31.2 Å². The minimum atomic E-state index is 0. The van der Waals surface area contributed by atoms with Crippen LogP contribution in [0.4, 0.5) is 5.82 Å². The highest BCUT2D eigenvalue weighted by atomic mass is 35.5. The van der Waals surface area contributed by atoms with E-state index in [0.717, 1.165) is 45.2 Å². The first kappa shape index (κ1) is 19.7. The fourth-order valence-electron chi connectivity index (χ4n) is 3.14. The van der Waals surface area contributed by atoms with Crippen molar-refractivity contribution in [3.63, 3.8) is 0 Å². The molecule has 1 fully saturated rings. The van der Waals surface area contributed by atoms with Gasteiger partial charge in [0.1, 0.15) is 5.82 Å². The summed E-state index contributed by atoms with van der Waals surface area (Å²) in [6, 6.07) is 4.15. The van der Waals surface area contributed by atoms with Gasteiger partial charge in [-0.2, -0.15) is 5.10 Å². The highest BCUT2D eigenvalue weighted by Gasteiger charge is 2.16. The molecule has 138 valence electrons. The van der Waals surface area contributed by atoms with Gasteiger partial charge in [-0.3, -0.25) is 4.68 Å². The van der Waals surface area contributed by atoms with Gasteiger partial charge in [-0.25, -0.2) is 4.98 Å². The third kappa shape index (κ3) is 4.93. The van der Waals surface area contributed by atoms with Crippen LogP contribution in [0.15, 0.2) is 24.5 Å². The molecule has 0 unspecified atom stereocenters. The molecule has 25 heavy (non-hydrogen) atoms. The predicted octanol–water partition coefficient (Wildman–Crippen LogP) is 2.49. The average Bonchev–Trinajstić information content (AvgIpc) is 2.97. The number of halogens is 1. The van der Waals surface area contributed by atoms with E-state index in [4.69, 9.17) is 4.74 Å². The van der Waals surface area contributed by atoms with Crippen molar-refractivity contribution in [2.24, 2.45) is 7.05 Å². The lowest BCUT2D eigenvalue weighted by Gasteiger charge is -2.29. The van der Waals surface area contributed by atoms with Crippen molar-refractivity contribution in [1.29, 1.82) is 0 Å². The smallest absolute Gasteiger partial charge is 0.133 e. The van der Waals surface area contributed by atoms with Crippen molar-refractivity contribution in [1.82, 2.24) is 20.1 Å². The van der Waals surface area contributed by atoms with E-state index >= 15 is 0 Å². The number of aromatic nitrogens is 3. The molecule has 7 heteroatoms. The molecule has 0 aromatic carbocycles. The van der Waals surface area contributed by atoms with Gasteiger partial charge >= 0.3 is 0 Å². The first-order valence-corrected chi connectivity index (χ1v) is 8.65. The Morgan fingerprint density at radius 1 is 1.20 bits per heavy atom. The number of anilines is 1. The zero-order valence-electron chi connectivity index (χ0n) is 15.2. The summed E-state index contributed by atoms with van der Waals surface area (Å²) < 4.78 is 7.34. The van der Waals surface area contributed by atoms with Gasteiger partial charge in [0.05, 0.1) is 18.9 Å². The summed E-state index contributed by atoms with van der Waals surface area (Å²) in [7, 11) is 1.98. The molecule has 1 saturated heterocycles. The Labute approximate surface area is 156 Å². The summed E-state index contributed by atoms with van der Waals surface area (Å²) in [5.74, 6) is 1.51. The molecular weight excluding hydrogens is 338 g/mol. The van der Waals surface area contributed by atoms with Crippen LogP contribution in [0.5, 0.6) is 0 Å². The highest BCUT2D eigenvalue weighted by Crippen LogP contribution is 2.20. The highest BCUT2D eigenvalue weighted by molar-refractivity contribution is 5.85. The van der Waals surface area contributed by atoms with Crippen molar-refractivity contribution in [3.8, 4) is 0 Å². The normalized spacial score (nSPS) is 14.6. The van der Waals surface area contributed by atoms with Gasteiger partial charge in [0.15, 0.2) is 0 Å². The van der Waals surface area contributed by atoms with Gasteiger partial charge in [-0.05, 0) is 12.0 Å². The maximum atomic E-state index is 5.44. The molecule has 6 nitrogen and oxygen atoms in total. The molecule has 1 aliphatic heterocycles. The second-order valence-corrected chi connectivity index (χ2v) is 6.56. The number of nitrogens with one attached hydrogen (secondary N) is 1. The Morgan fingerprint density at radius 2 is 1.92 bits per heavy atom. The lowest BCUT2D eigenvalue weighted by molar-refractivity contribution is 0.122. The van der Waals surface area contributed by atoms with Gasteiger partial charge in [0, 0.05) is 56.7 Å². The standard InChI is InChI=1S/C18H27N5O.ClH/c1-14(2)17-16(13-22(3)21-17)12-19-11-15-5-4-6-20-18(15)23-7-9-24-10-8-23;/h4-6,13-14,19H,7-12H2,1-3H3;1H. The zero-order valence-corrected chi connectivity index (χ0v) is 16.1. The van der Waals surface area contributed by atoms with Gasteiger partial charge in [-0.1, -0.05) is 19.9 Å². The van der Waals surface area contributed by atoms with Crippen molar-refractivity contribution < 1.29 is 4.74 Å². The fourth-order valence-corrected chi connectivity index (χ4v) is 3.14. The van der Waals surface area contributed by atoms with Gasteiger partial charge in [0.2, 0.25) is 0 Å². The van der Waals surface area contributed by atoms with Crippen LogP contribution in [0, 0.1) is 0 Å². The molecule has 0 spiro atoms. The fraction of sp³-hybridized carbons (Fsp3) is 0.556. The Bertz CT molecular complexity index is 667. The summed E-state index contributed by atoms with van der Waals surface area (Å²) in [6.07, 6.45) is 3.97. The number of pyridine rings is 1. The molecule has 0 aliphatic carbocycles. The monoisotopic (exact) mass is 365 g/mol. The summed E-state index contributed by atoms with van der Waals surface area (Å²) in [5.41, 5.74) is 3.67. The van der Waals surface area contributed by atoms with Gasteiger partial charge in [-0.15, -0.1) is 12.4 Å². The van der Waals surface area contributed by atoms with Crippen LogP contribution in [0.2, 0.25) is 0 Å². The minimum Gasteiger partial charge on any atom is -0.378 e. The maximum absolute atomic E-state index is 5.44. The minimum absolute atomic E-state index is 0. The molecule has 0 atom stereocenters. The second kappa shape index (κ2) is 9.17. The summed E-state index contributed by atoms with van der Waals surface area (Å²) in [5, 5.41) is 8.12. The lowest BCUT2D eigenvalue weighted by Crippen LogP contribution is -2.37. The van der Waals surface area contributed by atoms with E-state index in [1.165, 1.54) is 16.8 Å². The maximum Gasteiger partial charge on any atom is 0.133 e. The average molecular weight is 366 g/mol. The number of nitrogens with zero attached hydrogens (tertiary/aromatic N) is 4. The Kier molecular flexibility index (Phi) is 7.23. The Hall–Kier alpha value is -1.63. The molecule has 0 radical (unpaired) electrons. The Morgan fingerprint density at radius 3 is 2.64 bits per heavy atom. The largest absolute Gasteiger partial charge is 0.378 e. The van der Waals surface area contributed by atoms with Crippen molar-refractivity contribution in [3.05, 3.63) is 41.3 Å². The lowest BCUT2D eigenvalue weighted by atomic mass is 10.1. The van der Waals surface area contributed by atoms with E-state index in [9.17, 15) is 0 Å². The van der Waals surface area contributed by atoms with Crippen LogP contribution < -0.4 is 10.2 Å². The molecule has 0 amide bonds. The number of rotatable bonds is 6. The van der Waals surface area contributed by atoms with E-state index in [-0.39, 0.29) is 12.4 Å². The van der Waals surface area contributed by atoms with E-state index in [1.54, 1.807) is 0 Å². The summed E-state index contributed by atoms with van der Waals surface area (Å²) in [4.78, 5) is 6.90. The quantitative estimate of drug-likeness (QED) is 0.852. The number of morpholine rings is 1. The number of hydrogen-bond acceptors (Lipinski definition) is 5. The molecule has 0 saturated carbocycles. The van der Waals surface area contributed by atoms with E-state index < -0.39 is 0 Å². The van der Waals surface area contributed by atoms with Crippen LogP contribution in [0.25, 0.3) is 0 Å². The van der Waals surface area contributed by atoms with Crippen LogP contribution >= 0.6 is 12.4 Å². The first-order chi connectivity index (χ1) is 11.6. The summed E-state index contributed by atoms with van der Waals surface area (Å²) in [6.45, 7) is 9.35. The number of ether oxygens (including phenoxy) is 1. The molecule has 2 aromatic rings. The van der Waals surface area contributed by atoms with Gasteiger partial charge < -0.3 is 15.0 Å². The topological polar surface area (TPSA) is 55.2 Å². The van der Waals surface area contributed by atoms with E-state index in [2.05, 4.69) is 46.4 Å². The molecule has 3 rings (SSSR count). The van der Waals surface area contributed by atoms with Crippen molar-refractivity contribution >= 4 is 18.2 Å². The van der Waals surface area contributed by atoms with E-state index in [1.807, 2.05) is 24.0 Å². The van der Waals surface area contributed by atoms with Crippen LogP contribution in [0.1, 0.15) is 36.6 Å². The SMILES string of the molecule is CC(C)c1nn(C)cc1CNCc1cccnc1N1CCOCC1.Cl. The predicted molar refractivity (Wildman–Crippen MR) is 102 cm³/mol. The number of aryl methyl sites for hydroxylation is 1. The summed E-state index contributed by atoms with van der Waals surface area (Å²) >= 11 is 0. The zero-order chi connectivity index (χ0) is 16.9.